The third kappa shape index (κ3) is 5.64. The van der Waals surface area contributed by atoms with Crippen LogP contribution in [0.1, 0.15) is 27.2 Å². The molecule has 0 unspecified atom stereocenters. The fourth-order valence-electron chi connectivity index (χ4n) is 1.13. The Morgan fingerprint density at radius 1 is 1.60 bits per heavy atom. The molecule has 0 radical (unpaired) electrons. The van der Waals surface area contributed by atoms with Crippen molar-refractivity contribution < 1.29 is 9.53 Å². The minimum Gasteiger partial charge on any atom is -0.460 e. The van der Waals surface area contributed by atoms with E-state index in [1.54, 1.807) is 0 Å². The first-order chi connectivity index (χ1) is 6.97. The monoisotopic (exact) mass is 227 g/mol. The summed E-state index contributed by atoms with van der Waals surface area (Å²) in [7, 11) is 0. The molecule has 1 aliphatic heterocycles. The Morgan fingerprint density at radius 2 is 2.33 bits per heavy atom. The summed E-state index contributed by atoms with van der Waals surface area (Å²) in [6, 6.07) is 0. The molecule has 1 rings (SSSR count). The lowest BCUT2D eigenvalue weighted by Crippen LogP contribution is -2.23. The van der Waals surface area contributed by atoms with E-state index in [1.807, 2.05) is 38.3 Å². The lowest BCUT2D eigenvalue weighted by molar-refractivity contribution is -0.153. The number of hydrogen-bond acceptors (Lipinski definition) is 4. The second-order valence-corrected chi connectivity index (χ2v) is 5.11. The zero-order valence-electron chi connectivity index (χ0n) is 9.37. The van der Waals surface area contributed by atoms with E-state index in [0.717, 1.165) is 12.1 Å². The number of rotatable bonds is 2. The van der Waals surface area contributed by atoms with Crippen molar-refractivity contribution in [3.05, 3.63) is 23.1 Å². The summed E-state index contributed by atoms with van der Waals surface area (Å²) < 4.78 is 8.34. The van der Waals surface area contributed by atoms with Gasteiger partial charge < -0.3 is 4.74 Å². The highest BCUT2D eigenvalue weighted by molar-refractivity contribution is 8.00. The van der Waals surface area contributed by atoms with Gasteiger partial charge in [-0.15, -0.1) is 0 Å². The summed E-state index contributed by atoms with van der Waals surface area (Å²) in [5, 5.41) is 1.93. The number of allylic oxidation sites excluding steroid dienone is 1. The average Bonchev–Trinajstić information content (AvgIpc) is 2.28. The molecule has 0 atom stereocenters. The highest BCUT2D eigenvalue weighted by atomic mass is 32.2. The van der Waals surface area contributed by atoms with Gasteiger partial charge in [0.05, 0.1) is 6.42 Å². The van der Waals surface area contributed by atoms with Crippen LogP contribution in [-0.2, 0) is 9.53 Å². The topological polar surface area (TPSA) is 38.3 Å². The fourth-order valence-corrected chi connectivity index (χ4v) is 1.65. The number of hydrogen-bond donors (Lipinski definition) is 1. The number of ether oxygens (including phenoxy) is 1. The lowest BCUT2D eigenvalue weighted by atomic mass is 10.1. The Morgan fingerprint density at radius 3 is 3.00 bits per heavy atom. The average molecular weight is 227 g/mol. The molecule has 84 valence electrons. The fraction of sp³-hybridized carbons (Fsp3) is 0.545. The molecule has 0 aromatic carbocycles. The third-order valence-corrected chi connectivity index (χ3v) is 2.26. The molecule has 0 fully saturated rings. The van der Waals surface area contributed by atoms with Crippen LogP contribution in [0.25, 0.3) is 0 Å². The largest absolute Gasteiger partial charge is 0.460 e. The molecule has 1 aliphatic rings. The van der Waals surface area contributed by atoms with Crippen molar-refractivity contribution in [2.24, 2.45) is 0 Å². The first kappa shape index (κ1) is 12.3. The SMILES string of the molecule is CC(C)(C)OC(=O)CC1=CCNSC=C1. The number of carbonyl (C=O) groups excluding carboxylic acids is 1. The van der Waals surface area contributed by atoms with Crippen LogP contribution >= 0.6 is 11.9 Å². The molecule has 4 heteroatoms. The van der Waals surface area contributed by atoms with Crippen LogP contribution in [0.15, 0.2) is 23.1 Å². The van der Waals surface area contributed by atoms with Gasteiger partial charge in [-0.3, -0.25) is 9.52 Å². The molecule has 3 nitrogen and oxygen atoms in total. The van der Waals surface area contributed by atoms with Crippen molar-refractivity contribution in [1.29, 1.82) is 0 Å². The minimum atomic E-state index is -0.404. The van der Waals surface area contributed by atoms with E-state index in [1.165, 1.54) is 11.9 Å². The molecule has 15 heavy (non-hydrogen) atoms. The second kappa shape index (κ2) is 5.37. The number of nitrogens with one attached hydrogen (secondary N) is 1. The maximum atomic E-state index is 11.5. The van der Waals surface area contributed by atoms with Crippen molar-refractivity contribution in [1.82, 2.24) is 4.72 Å². The third-order valence-electron chi connectivity index (χ3n) is 1.65. The zero-order chi connectivity index (χ0) is 11.3. The zero-order valence-corrected chi connectivity index (χ0v) is 10.2. The first-order valence-electron chi connectivity index (χ1n) is 4.93. The van der Waals surface area contributed by atoms with Gasteiger partial charge in [0.2, 0.25) is 0 Å². The van der Waals surface area contributed by atoms with Gasteiger partial charge in [-0.1, -0.05) is 24.1 Å². The molecule has 0 bridgehead atoms. The first-order valence-corrected chi connectivity index (χ1v) is 5.81. The molecular weight excluding hydrogens is 210 g/mol. The predicted molar refractivity (Wildman–Crippen MR) is 63.3 cm³/mol. The molecule has 1 heterocycles. The quantitative estimate of drug-likeness (QED) is 0.581. The van der Waals surface area contributed by atoms with Gasteiger partial charge in [-0.25, -0.2) is 0 Å². The summed E-state index contributed by atoms with van der Waals surface area (Å²) in [6.45, 7) is 6.40. The van der Waals surface area contributed by atoms with E-state index >= 15 is 0 Å². The predicted octanol–water partition coefficient (Wildman–Crippen LogP) is 2.41. The van der Waals surface area contributed by atoms with E-state index in [2.05, 4.69) is 4.72 Å². The molecule has 0 saturated heterocycles. The molecule has 0 spiro atoms. The van der Waals surface area contributed by atoms with E-state index < -0.39 is 5.60 Å². The molecule has 0 aromatic rings. The number of esters is 1. The van der Waals surface area contributed by atoms with Crippen LogP contribution in [0.2, 0.25) is 0 Å². The minimum absolute atomic E-state index is 0.176. The van der Waals surface area contributed by atoms with Crippen LogP contribution < -0.4 is 4.72 Å². The summed E-state index contributed by atoms with van der Waals surface area (Å²) in [6.07, 6.45) is 4.28. The van der Waals surface area contributed by atoms with Crippen molar-refractivity contribution in [3.8, 4) is 0 Å². The van der Waals surface area contributed by atoms with Crippen molar-refractivity contribution >= 4 is 17.9 Å². The molecular formula is C11H17NO2S. The van der Waals surface area contributed by atoms with Gasteiger partial charge in [-0.2, -0.15) is 0 Å². The molecule has 0 amide bonds. The molecule has 0 saturated carbocycles. The highest BCUT2D eigenvalue weighted by Crippen LogP contribution is 2.14. The Balaban J connectivity index is 2.47. The van der Waals surface area contributed by atoms with E-state index in [9.17, 15) is 4.79 Å². The van der Waals surface area contributed by atoms with Crippen LogP contribution in [0.4, 0.5) is 0 Å². The molecule has 0 aromatic heterocycles. The van der Waals surface area contributed by atoms with E-state index in [4.69, 9.17) is 4.74 Å². The summed E-state index contributed by atoms with van der Waals surface area (Å²) in [5.74, 6) is -0.176. The van der Waals surface area contributed by atoms with E-state index in [0.29, 0.717) is 6.42 Å². The summed E-state index contributed by atoms with van der Waals surface area (Å²) in [4.78, 5) is 11.5. The Bertz CT molecular complexity index is 289. The van der Waals surface area contributed by atoms with E-state index in [-0.39, 0.29) is 5.97 Å². The van der Waals surface area contributed by atoms with Crippen LogP contribution in [0.5, 0.6) is 0 Å². The van der Waals surface area contributed by atoms with Gasteiger partial charge in [0.25, 0.3) is 0 Å². The molecule has 1 N–H and O–H groups in total. The standard InChI is InChI=1S/C11H17NO2S/c1-11(2,3)14-10(13)8-9-4-6-12-15-7-5-9/h4-5,7,12H,6,8H2,1-3H3. The lowest BCUT2D eigenvalue weighted by Gasteiger charge is -2.19. The van der Waals surface area contributed by atoms with Gasteiger partial charge in [0.1, 0.15) is 5.60 Å². The summed E-state index contributed by atoms with van der Waals surface area (Å²) >= 11 is 1.52. The normalized spacial score (nSPS) is 16.9. The summed E-state index contributed by atoms with van der Waals surface area (Å²) in [5.41, 5.74) is 0.598. The van der Waals surface area contributed by atoms with Crippen LogP contribution in [0, 0.1) is 0 Å². The van der Waals surface area contributed by atoms with Crippen molar-refractivity contribution in [2.75, 3.05) is 6.54 Å². The Labute approximate surface area is 95.1 Å². The smallest absolute Gasteiger partial charge is 0.310 e. The second-order valence-electron chi connectivity index (χ2n) is 4.31. The van der Waals surface area contributed by atoms with Gasteiger partial charge in [-0.05, 0) is 31.8 Å². The van der Waals surface area contributed by atoms with Crippen LogP contribution in [0.3, 0.4) is 0 Å². The number of carbonyl (C=O) groups is 1. The Hall–Kier alpha value is -0.740. The van der Waals surface area contributed by atoms with Gasteiger partial charge in [0, 0.05) is 6.54 Å². The maximum absolute atomic E-state index is 11.5. The van der Waals surface area contributed by atoms with Crippen molar-refractivity contribution in [2.45, 2.75) is 32.8 Å². The Kier molecular flexibility index (Phi) is 4.42. The van der Waals surface area contributed by atoms with Gasteiger partial charge >= 0.3 is 5.97 Å². The highest BCUT2D eigenvalue weighted by Gasteiger charge is 2.16. The van der Waals surface area contributed by atoms with Crippen molar-refractivity contribution in [3.63, 3.8) is 0 Å². The maximum Gasteiger partial charge on any atom is 0.310 e. The van der Waals surface area contributed by atoms with Gasteiger partial charge in [0.15, 0.2) is 0 Å². The van der Waals surface area contributed by atoms with Crippen LogP contribution in [-0.4, -0.2) is 18.1 Å². The molecule has 0 aliphatic carbocycles.